The van der Waals surface area contributed by atoms with Gasteiger partial charge in [0.25, 0.3) is 5.91 Å². The van der Waals surface area contributed by atoms with Crippen molar-refractivity contribution in [2.24, 2.45) is 5.92 Å². The van der Waals surface area contributed by atoms with Gasteiger partial charge in [0.1, 0.15) is 6.04 Å². The average Bonchev–Trinajstić information content (AvgIpc) is 3.20. The van der Waals surface area contributed by atoms with E-state index in [2.05, 4.69) is 58.4 Å². The maximum absolute atomic E-state index is 13.6. The summed E-state index contributed by atoms with van der Waals surface area (Å²) < 4.78 is 12.6. The number of halogens is 3. The Kier molecular flexibility index (Phi) is 11.0. The van der Waals surface area contributed by atoms with Crippen molar-refractivity contribution >= 4 is 78.7 Å². The molecule has 202 valence electrons. The first-order valence-corrected chi connectivity index (χ1v) is 14.2. The summed E-state index contributed by atoms with van der Waals surface area (Å²) in [5, 5.41) is 14.7. The number of carboxylic acids is 1. The Hall–Kier alpha value is -2.22. The van der Waals surface area contributed by atoms with Gasteiger partial charge in [0.15, 0.2) is 6.10 Å². The van der Waals surface area contributed by atoms with Crippen molar-refractivity contribution in [2.75, 3.05) is 0 Å². The Labute approximate surface area is 245 Å². The summed E-state index contributed by atoms with van der Waals surface area (Å²) in [5.74, 6) is -3.66. The molecule has 0 aromatic heterocycles. The Morgan fingerprint density at radius 1 is 1.03 bits per heavy atom. The molecule has 3 N–H and O–H groups in total. The van der Waals surface area contributed by atoms with Gasteiger partial charge in [0, 0.05) is 19.8 Å². The first-order valence-electron chi connectivity index (χ1n) is 11.8. The number of amides is 2. The van der Waals surface area contributed by atoms with Gasteiger partial charge in [-0.05, 0) is 77.8 Å². The van der Waals surface area contributed by atoms with Gasteiger partial charge in [-0.15, -0.1) is 0 Å². The lowest BCUT2D eigenvalue weighted by Crippen LogP contribution is -2.55. The lowest BCUT2D eigenvalue weighted by molar-refractivity contribution is -0.145. The molecule has 2 aromatic carbocycles. The quantitative estimate of drug-likeness (QED) is 0.234. The summed E-state index contributed by atoms with van der Waals surface area (Å²) in [6.45, 7) is 3.85. The van der Waals surface area contributed by atoms with Gasteiger partial charge >= 0.3 is 19.1 Å². The highest BCUT2D eigenvalue weighted by Crippen LogP contribution is 2.32. The van der Waals surface area contributed by atoms with Crippen molar-refractivity contribution in [1.82, 2.24) is 10.6 Å². The predicted molar refractivity (Wildman–Crippen MR) is 151 cm³/mol. The molecule has 1 unspecified atom stereocenters. The van der Waals surface area contributed by atoms with Gasteiger partial charge in [-0.25, -0.2) is 0 Å². The molecule has 0 radical (unpaired) electrons. The van der Waals surface area contributed by atoms with Gasteiger partial charge in [-0.2, -0.15) is 0 Å². The monoisotopic (exact) mass is 714 g/mol. The maximum atomic E-state index is 13.6. The van der Waals surface area contributed by atoms with Gasteiger partial charge in [0.05, 0.1) is 17.9 Å². The van der Waals surface area contributed by atoms with Gasteiger partial charge in [-0.3, -0.25) is 19.2 Å². The third-order valence-electron chi connectivity index (χ3n) is 5.71. The van der Waals surface area contributed by atoms with Crippen LogP contribution in [0.2, 0.25) is 0 Å². The molecule has 2 aromatic rings. The fraction of sp³-hybridized carbons (Fsp3) is 0.360. The molecule has 1 heterocycles. The van der Waals surface area contributed by atoms with Crippen molar-refractivity contribution in [3.8, 4) is 0 Å². The highest BCUT2D eigenvalue weighted by Gasteiger charge is 2.47. The van der Waals surface area contributed by atoms with Crippen molar-refractivity contribution < 1.29 is 33.6 Å². The molecule has 13 heteroatoms. The molecule has 1 aliphatic rings. The zero-order valence-electron chi connectivity index (χ0n) is 20.6. The predicted octanol–water partition coefficient (Wildman–Crippen LogP) is 4.29. The lowest BCUT2D eigenvalue weighted by Gasteiger charge is -2.25. The van der Waals surface area contributed by atoms with Crippen molar-refractivity contribution in [3.63, 3.8) is 0 Å². The highest BCUT2D eigenvalue weighted by atomic mass is 79.9. The minimum atomic E-state index is -1.25. The second-order valence-corrected chi connectivity index (χ2v) is 11.7. The fourth-order valence-corrected chi connectivity index (χ4v) is 5.59. The molecule has 1 saturated heterocycles. The number of carbonyl (C=O) groups excluding carboxylic acids is 3. The molecule has 0 bridgehead atoms. The number of aliphatic carboxylic acids is 1. The number of carbonyl (C=O) groups is 4. The van der Waals surface area contributed by atoms with E-state index in [1.807, 2.05) is 44.2 Å². The van der Waals surface area contributed by atoms with Crippen LogP contribution in [-0.2, 0) is 30.1 Å². The first kappa shape index (κ1) is 30.3. The minimum Gasteiger partial charge on any atom is -0.506 e. The zero-order valence-corrected chi connectivity index (χ0v) is 25.3. The molecule has 0 saturated carbocycles. The third-order valence-corrected chi connectivity index (χ3v) is 8.39. The van der Waals surface area contributed by atoms with Crippen LogP contribution < -0.4 is 10.6 Å². The van der Waals surface area contributed by atoms with E-state index in [-0.39, 0.29) is 12.3 Å². The van der Waals surface area contributed by atoms with Crippen LogP contribution in [0.1, 0.15) is 42.6 Å². The topological polar surface area (TPSA) is 131 Å². The maximum Gasteiger partial charge on any atom is 0.552 e. The number of hydrogen-bond donors (Lipinski definition) is 3. The second kappa shape index (κ2) is 13.7. The van der Waals surface area contributed by atoms with Crippen LogP contribution in [0, 0.1) is 5.92 Å². The van der Waals surface area contributed by atoms with Crippen LogP contribution in [0.25, 0.3) is 0 Å². The molecular weight excluding hydrogens is 691 g/mol. The van der Waals surface area contributed by atoms with Gasteiger partial charge < -0.3 is 25.0 Å². The largest absolute Gasteiger partial charge is 0.552 e. The Balaban J connectivity index is 1.84. The molecule has 1 fully saturated rings. The number of rotatable bonds is 11. The normalized spacial score (nSPS) is 16.6. The van der Waals surface area contributed by atoms with Crippen LogP contribution in [0.4, 0.5) is 0 Å². The SMILES string of the molecule is CC(C)C[C@H](NC(=O)[C@H](Cc1ccccc1)NC(=O)c1c(Br)ccc(Br)c1Br)B1OC(=O)C(CC(=O)O)O1. The number of carboxylic acid groups (broad SMARTS) is 1. The van der Waals surface area contributed by atoms with Crippen molar-refractivity contribution in [2.45, 2.75) is 51.2 Å². The molecule has 0 spiro atoms. The summed E-state index contributed by atoms with van der Waals surface area (Å²) >= 11 is 10.2. The van der Waals surface area contributed by atoms with Crippen LogP contribution in [0.3, 0.4) is 0 Å². The highest BCUT2D eigenvalue weighted by molar-refractivity contribution is 9.13. The van der Waals surface area contributed by atoms with Gasteiger partial charge in [-0.1, -0.05) is 44.2 Å². The molecule has 0 aliphatic carbocycles. The molecule has 3 rings (SSSR count). The molecule has 38 heavy (non-hydrogen) atoms. The fourth-order valence-electron chi connectivity index (χ4n) is 3.96. The third kappa shape index (κ3) is 8.14. The summed E-state index contributed by atoms with van der Waals surface area (Å²) in [4.78, 5) is 50.2. The standard InChI is InChI=1S/C25H26BBr3N2O7/c1-13(2)10-19(26-37-18(12-20(32)33)25(36)38-26)31-23(34)17(11-14-6-4-3-5-7-14)30-24(35)21-15(27)8-9-16(28)22(21)29/h3-9,13,17-19H,10-12H2,1-2H3,(H,30,35)(H,31,34)(H,32,33)/t17-,18?,19-/m0/s1. The number of benzene rings is 2. The Morgan fingerprint density at radius 3 is 2.32 bits per heavy atom. The van der Waals surface area contributed by atoms with Crippen molar-refractivity contribution in [1.29, 1.82) is 0 Å². The second-order valence-electron chi connectivity index (χ2n) is 9.21. The van der Waals surface area contributed by atoms with Crippen LogP contribution >= 0.6 is 47.8 Å². The smallest absolute Gasteiger partial charge is 0.506 e. The summed E-state index contributed by atoms with van der Waals surface area (Å²) in [6, 6.07) is 11.7. The van der Waals surface area contributed by atoms with Gasteiger partial charge in [0.2, 0.25) is 5.91 Å². The molecular formula is C25H26BBr3N2O7. The summed E-state index contributed by atoms with van der Waals surface area (Å²) in [7, 11) is -1.15. The van der Waals surface area contributed by atoms with Crippen molar-refractivity contribution in [3.05, 3.63) is 67.0 Å². The van der Waals surface area contributed by atoms with E-state index in [9.17, 15) is 19.2 Å². The Bertz CT molecular complexity index is 1200. The number of hydrogen-bond acceptors (Lipinski definition) is 6. The van der Waals surface area contributed by atoms with Crippen LogP contribution in [0.5, 0.6) is 0 Å². The summed E-state index contributed by atoms with van der Waals surface area (Å²) in [5.41, 5.74) is 1.14. The van der Waals surface area contributed by atoms with E-state index in [1.165, 1.54) is 0 Å². The van der Waals surface area contributed by atoms with E-state index in [0.717, 1.165) is 5.56 Å². The zero-order chi connectivity index (χ0) is 28.0. The molecule has 3 atom stereocenters. The van der Waals surface area contributed by atoms with E-state index >= 15 is 0 Å². The van der Waals surface area contributed by atoms with E-state index < -0.39 is 55.4 Å². The minimum absolute atomic E-state index is 0.0804. The Morgan fingerprint density at radius 2 is 1.68 bits per heavy atom. The van der Waals surface area contributed by atoms with Crippen LogP contribution in [-0.4, -0.2) is 54.1 Å². The number of nitrogens with one attached hydrogen (secondary N) is 2. The summed E-state index contributed by atoms with van der Waals surface area (Å²) in [6.07, 6.45) is -1.21. The van der Waals surface area contributed by atoms with E-state index in [1.54, 1.807) is 12.1 Å². The molecule has 2 amide bonds. The van der Waals surface area contributed by atoms with Crippen LogP contribution in [0.15, 0.2) is 55.9 Å². The first-order chi connectivity index (χ1) is 18.0. The lowest BCUT2D eigenvalue weighted by atomic mass is 9.74. The van der Waals surface area contributed by atoms with E-state index in [0.29, 0.717) is 25.4 Å². The van der Waals surface area contributed by atoms with E-state index in [4.69, 9.17) is 14.4 Å². The molecule has 9 nitrogen and oxygen atoms in total. The molecule has 1 aliphatic heterocycles. The average molecular weight is 717 g/mol.